The molecule has 1 spiro atoms. The Labute approximate surface area is 166 Å². The third kappa shape index (κ3) is 3.33. The highest BCUT2D eigenvalue weighted by molar-refractivity contribution is 6.02. The lowest BCUT2D eigenvalue weighted by atomic mass is 9.71. The summed E-state index contributed by atoms with van der Waals surface area (Å²) < 4.78 is 11.0. The molecule has 0 radical (unpaired) electrons. The van der Waals surface area contributed by atoms with E-state index in [1.54, 1.807) is 7.11 Å². The van der Waals surface area contributed by atoms with E-state index in [9.17, 15) is 9.59 Å². The molecule has 1 N–H and O–H groups in total. The molecule has 2 amide bonds. The number of carbonyl (C=O) groups is 2. The van der Waals surface area contributed by atoms with Crippen molar-refractivity contribution >= 4 is 11.8 Å². The van der Waals surface area contributed by atoms with Gasteiger partial charge < -0.3 is 19.7 Å². The summed E-state index contributed by atoms with van der Waals surface area (Å²) in [6.45, 7) is 2.29. The minimum atomic E-state index is -0.450. The second-order valence-corrected chi connectivity index (χ2v) is 8.17. The maximum Gasteiger partial charge on any atom is 0.254 e. The standard InChI is InChI=1S/C22H30N2O4/c1-27-14-12-23-20(25)19-17-8-2-3-9-18(17)21(26)24(15-16-7-6-13-28-16)22(19)10-4-5-11-22/h2-3,8-9,16,19H,4-7,10-15H2,1H3,(H,23,25)/t16-,19+/m1/s1. The summed E-state index contributed by atoms with van der Waals surface area (Å²) in [5, 5.41) is 3.04. The molecule has 2 fully saturated rings. The number of nitrogens with zero attached hydrogens (tertiary/aromatic N) is 1. The maximum absolute atomic E-state index is 13.5. The minimum absolute atomic E-state index is 0.00348. The van der Waals surface area contributed by atoms with Crippen LogP contribution in [-0.2, 0) is 14.3 Å². The molecule has 1 saturated heterocycles. The Morgan fingerprint density at radius 3 is 2.79 bits per heavy atom. The van der Waals surface area contributed by atoms with Crippen LogP contribution in [0.25, 0.3) is 0 Å². The van der Waals surface area contributed by atoms with E-state index in [2.05, 4.69) is 5.32 Å². The van der Waals surface area contributed by atoms with Crippen molar-refractivity contribution in [3.63, 3.8) is 0 Å². The van der Waals surface area contributed by atoms with Gasteiger partial charge in [-0.15, -0.1) is 0 Å². The van der Waals surface area contributed by atoms with Gasteiger partial charge in [0.15, 0.2) is 0 Å². The van der Waals surface area contributed by atoms with Crippen LogP contribution in [0.5, 0.6) is 0 Å². The van der Waals surface area contributed by atoms with Crippen LogP contribution in [0.15, 0.2) is 24.3 Å². The predicted octanol–water partition coefficient (Wildman–Crippen LogP) is 2.48. The first-order valence-corrected chi connectivity index (χ1v) is 10.5. The molecule has 1 aromatic carbocycles. The fourth-order valence-electron chi connectivity index (χ4n) is 5.30. The van der Waals surface area contributed by atoms with Gasteiger partial charge in [-0.25, -0.2) is 0 Å². The lowest BCUT2D eigenvalue weighted by Gasteiger charge is -2.50. The molecular formula is C22H30N2O4. The zero-order valence-corrected chi connectivity index (χ0v) is 16.6. The second-order valence-electron chi connectivity index (χ2n) is 8.17. The molecule has 28 heavy (non-hydrogen) atoms. The summed E-state index contributed by atoms with van der Waals surface area (Å²) in [7, 11) is 1.63. The molecule has 1 aliphatic carbocycles. The Hall–Kier alpha value is -1.92. The van der Waals surface area contributed by atoms with Gasteiger partial charge in [-0.2, -0.15) is 0 Å². The SMILES string of the molecule is COCCNC(=O)[C@@H]1c2ccccc2C(=O)N(C[C@H]2CCCO2)C12CCCC2. The third-order valence-corrected chi connectivity index (χ3v) is 6.57. The molecule has 4 rings (SSSR count). The molecule has 2 heterocycles. The normalized spacial score (nSPS) is 25.9. The molecule has 0 aromatic heterocycles. The smallest absolute Gasteiger partial charge is 0.254 e. The molecule has 2 atom stereocenters. The van der Waals surface area contributed by atoms with E-state index >= 15 is 0 Å². The predicted molar refractivity (Wildman–Crippen MR) is 105 cm³/mol. The molecule has 1 saturated carbocycles. The molecule has 3 aliphatic rings. The van der Waals surface area contributed by atoms with E-state index in [1.807, 2.05) is 29.2 Å². The molecule has 152 valence electrons. The molecular weight excluding hydrogens is 356 g/mol. The fraction of sp³-hybridized carbons (Fsp3) is 0.636. The van der Waals surface area contributed by atoms with E-state index < -0.39 is 5.54 Å². The van der Waals surface area contributed by atoms with Crippen LogP contribution in [0.4, 0.5) is 0 Å². The number of hydrogen-bond acceptors (Lipinski definition) is 4. The summed E-state index contributed by atoms with van der Waals surface area (Å²) >= 11 is 0. The quantitative estimate of drug-likeness (QED) is 0.763. The Morgan fingerprint density at radius 2 is 2.07 bits per heavy atom. The number of amides is 2. The maximum atomic E-state index is 13.5. The highest BCUT2D eigenvalue weighted by atomic mass is 16.5. The highest BCUT2D eigenvalue weighted by Crippen LogP contribution is 2.50. The third-order valence-electron chi connectivity index (χ3n) is 6.57. The molecule has 6 nitrogen and oxygen atoms in total. The summed E-state index contributed by atoms with van der Waals surface area (Å²) in [4.78, 5) is 28.9. The van der Waals surface area contributed by atoms with Crippen LogP contribution in [0.1, 0.15) is 60.4 Å². The topological polar surface area (TPSA) is 67.9 Å². The van der Waals surface area contributed by atoms with Crippen molar-refractivity contribution in [2.75, 3.05) is 33.4 Å². The van der Waals surface area contributed by atoms with Crippen LogP contribution in [-0.4, -0.2) is 61.8 Å². The number of carbonyl (C=O) groups excluding carboxylic acids is 2. The largest absolute Gasteiger partial charge is 0.383 e. The first-order valence-electron chi connectivity index (χ1n) is 10.5. The Balaban J connectivity index is 1.73. The van der Waals surface area contributed by atoms with E-state index in [-0.39, 0.29) is 23.8 Å². The number of methoxy groups -OCH3 is 1. The lowest BCUT2D eigenvalue weighted by Crippen LogP contribution is -2.62. The zero-order chi connectivity index (χ0) is 19.6. The monoisotopic (exact) mass is 386 g/mol. The lowest BCUT2D eigenvalue weighted by molar-refractivity contribution is -0.127. The van der Waals surface area contributed by atoms with Crippen LogP contribution in [0.3, 0.4) is 0 Å². The van der Waals surface area contributed by atoms with E-state index in [0.29, 0.717) is 25.3 Å². The Morgan fingerprint density at radius 1 is 1.29 bits per heavy atom. The fourth-order valence-corrected chi connectivity index (χ4v) is 5.30. The zero-order valence-electron chi connectivity index (χ0n) is 16.6. The van der Waals surface area contributed by atoms with Crippen molar-refractivity contribution in [2.24, 2.45) is 0 Å². The van der Waals surface area contributed by atoms with Crippen molar-refractivity contribution in [2.45, 2.75) is 56.1 Å². The van der Waals surface area contributed by atoms with Gasteiger partial charge in [0, 0.05) is 32.4 Å². The van der Waals surface area contributed by atoms with Crippen molar-refractivity contribution in [3.05, 3.63) is 35.4 Å². The number of rotatable bonds is 6. The number of ether oxygens (including phenoxy) is 2. The first-order chi connectivity index (χ1) is 13.7. The molecule has 0 bridgehead atoms. The average molecular weight is 386 g/mol. The Bertz CT molecular complexity index is 723. The van der Waals surface area contributed by atoms with Gasteiger partial charge in [0.05, 0.1) is 24.2 Å². The van der Waals surface area contributed by atoms with Gasteiger partial charge in [-0.05, 0) is 37.3 Å². The van der Waals surface area contributed by atoms with Gasteiger partial charge in [-0.1, -0.05) is 31.0 Å². The van der Waals surface area contributed by atoms with E-state index in [4.69, 9.17) is 9.47 Å². The average Bonchev–Trinajstić information content (AvgIpc) is 3.38. The molecule has 6 heteroatoms. The minimum Gasteiger partial charge on any atom is -0.383 e. The second kappa shape index (κ2) is 8.21. The number of fused-ring (bicyclic) bond motifs is 1. The van der Waals surface area contributed by atoms with E-state index in [1.165, 1.54) is 0 Å². The number of nitrogens with one attached hydrogen (secondary N) is 1. The van der Waals surface area contributed by atoms with Crippen LogP contribution < -0.4 is 5.32 Å². The van der Waals surface area contributed by atoms with Gasteiger partial charge in [0.1, 0.15) is 0 Å². The van der Waals surface area contributed by atoms with Crippen LogP contribution in [0, 0.1) is 0 Å². The summed E-state index contributed by atoms with van der Waals surface area (Å²) in [5.41, 5.74) is 1.08. The summed E-state index contributed by atoms with van der Waals surface area (Å²) in [6.07, 6.45) is 5.90. The van der Waals surface area contributed by atoms with Crippen molar-refractivity contribution in [3.8, 4) is 0 Å². The van der Waals surface area contributed by atoms with Gasteiger partial charge in [0.25, 0.3) is 5.91 Å². The molecule has 0 unspecified atom stereocenters. The van der Waals surface area contributed by atoms with Crippen molar-refractivity contribution < 1.29 is 19.1 Å². The van der Waals surface area contributed by atoms with Gasteiger partial charge in [0.2, 0.25) is 5.91 Å². The number of benzene rings is 1. The highest BCUT2D eigenvalue weighted by Gasteiger charge is 2.55. The summed E-state index contributed by atoms with van der Waals surface area (Å²) in [5.74, 6) is -0.299. The van der Waals surface area contributed by atoms with Crippen molar-refractivity contribution in [1.82, 2.24) is 10.2 Å². The first kappa shape index (κ1) is 19.4. The van der Waals surface area contributed by atoms with Gasteiger partial charge >= 0.3 is 0 Å². The molecule has 2 aliphatic heterocycles. The molecule has 1 aromatic rings. The Kier molecular flexibility index (Phi) is 5.69. The van der Waals surface area contributed by atoms with Crippen molar-refractivity contribution in [1.29, 1.82) is 0 Å². The van der Waals surface area contributed by atoms with Crippen LogP contribution in [0.2, 0.25) is 0 Å². The van der Waals surface area contributed by atoms with Crippen LogP contribution >= 0.6 is 0 Å². The van der Waals surface area contributed by atoms with Gasteiger partial charge in [-0.3, -0.25) is 9.59 Å². The summed E-state index contributed by atoms with van der Waals surface area (Å²) in [6, 6.07) is 7.63. The number of hydrogen-bond donors (Lipinski definition) is 1. The van der Waals surface area contributed by atoms with E-state index in [0.717, 1.165) is 50.7 Å².